The quantitative estimate of drug-likeness (QED) is 0.268. The van der Waals surface area contributed by atoms with Gasteiger partial charge in [0.2, 0.25) is 5.92 Å². The highest BCUT2D eigenvalue weighted by atomic mass is 19.3. The van der Waals surface area contributed by atoms with Crippen molar-refractivity contribution in [1.29, 1.82) is 0 Å². The minimum Gasteiger partial charge on any atom is -0.252 e. The van der Waals surface area contributed by atoms with Gasteiger partial charge in [0.25, 0.3) is 0 Å². The van der Waals surface area contributed by atoms with Gasteiger partial charge in [-0.3, -0.25) is 4.98 Å². The van der Waals surface area contributed by atoms with Crippen molar-refractivity contribution in [2.24, 2.45) is 0 Å². The number of aryl methyl sites for hydroxylation is 1. The Bertz CT molecular complexity index is 1460. The highest BCUT2D eigenvalue weighted by molar-refractivity contribution is 5.99. The van der Waals surface area contributed by atoms with Crippen molar-refractivity contribution < 1.29 is 8.78 Å². The molecule has 0 saturated heterocycles. The number of benzene rings is 3. The maximum atomic E-state index is 14.2. The molecule has 1 atom stereocenters. The third-order valence-corrected chi connectivity index (χ3v) is 8.09. The average Bonchev–Trinajstić information content (AvgIpc) is 3.53. The molecule has 1 aromatic heterocycles. The van der Waals surface area contributed by atoms with Crippen molar-refractivity contribution in [3.8, 4) is 22.4 Å². The minimum absolute atomic E-state index is 0.00881. The van der Waals surface area contributed by atoms with E-state index in [9.17, 15) is 8.78 Å². The number of aromatic nitrogens is 1. The summed E-state index contributed by atoms with van der Waals surface area (Å²) in [7, 11) is 0. The molecule has 7 rings (SSSR count). The van der Waals surface area contributed by atoms with E-state index in [0.29, 0.717) is 12.3 Å². The Morgan fingerprint density at radius 2 is 1.65 bits per heavy atom. The molecule has 3 aliphatic carbocycles. The van der Waals surface area contributed by atoms with Gasteiger partial charge in [-0.05, 0) is 89.4 Å². The van der Waals surface area contributed by atoms with Gasteiger partial charge in [-0.1, -0.05) is 48.5 Å². The predicted octanol–water partition coefficient (Wildman–Crippen LogP) is 8.56. The maximum absolute atomic E-state index is 14.2. The normalized spacial score (nSPS) is 20.5. The van der Waals surface area contributed by atoms with Crippen LogP contribution in [0.2, 0.25) is 0 Å². The van der Waals surface area contributed by atoms with Crippen molar-refractivity contribution in [3.63, 3.8) is 0 Å². The van der Waals surface area contributed by atoms with Crippen LogP contribution in [0.15, 0.2) is 60.7 Å². The molecule has 2 saturated carbocycles. The predicted molar refractivity (Wildman–Crippen MR) is 134 cm³/mol. The lowest BCUT2D eigenvalue weighted by atomic mass is 9.88. The van der Waals surface area contributed by atoms with Crippen LogP contribution in [-0.4, -0.2) is 10.9 Å². The molecule has 0 aliphatic heterocycles. The summed E-state index contributed by atoms with van der Waals surface area (Å²) in [6.07, 6.45) is 3.74. The lowest BCUT2D eigenvalue weighted by Gasteiger charge is -2.18. The molecular weight excluding hydrogens is 424 g/mol. The zero-order chi connectivity index (χ0) is 23.0. The van der Waals surface area contributed by atoms with Gasteiger partial charge in [-0.15, -0.1) is 0 Å². The molecule has 2 fully saturated rings. The molecule has 0 spiro atoms. The second-order valence-corrected chi connectivity index (χ2v) is 10.6. The van der Waals surface area contributed by atoms with Crippen LogP contribution in [0.5, 0.6) is 0 Å². The van der Waals surface area contributed by atoms with Crippen LogP contribution >= 0.6 is 0 Å². The van der Waals surface area contributed by atoms with Crippen LogP contribution in [-0.2, 0) is 6.42 Å². The van der Waals surface area contributed by atoms with Crippen LogP contribution in [0.4, 0.5) is 8.78 Å². The van der Waals surface area contributed by atoms with Crippen molar-refractivity contribution in [2.45, 2.75) is 63.2 Å². The van der Waals surface area contributed by atoms with E-state index >= 15 is 0 Å². The monoisotopic (exact) mass is 451 g/mol. The Morgan fingerprint density at radius 1 is 0.824 bits per heavy atom. The molecule has 4 aromatic rings. The Morgan fingerprint density at radius 3 is 2.44 bits per heavy atom. The van der Waals surface area contributed by atoms with Crippen LogP contribution in [0.3, 0.4) is 0 Å². The molecule has 0 radical (unpaired) electrons. The first-order valence-corrected chi connectivity index (χ1v) is 12.5. The fourth-order valence-corrected chi connectivity index (χ4v) is 6.27. The molecule has 170 valence electrons. The van der Waals surface area contributed by atoms with Crippen LogP contribution in [0.25, 0.3) is 33.2 Å². The zero-order valence-corrected chi connectivity index (χ0v) is 19.4. The fourth-order valence-electron chi connectivity index (χ4n) is 6.27. The number of hydrogen-bond acceptors (Lipinski definition) is 1. The number of fused-ring (bicyclic) bond motifs is 4. The van der Waals surface area contributed by atoms with E-state index in [-0.39, 0.29) is 18.8 Å². The van der Waals surface area contributed by atoms with Crippen molar-refractivity contribution in [3.05, 3.63) is 88.6 Å². The summed E-state index contributed by atoms with van der Waals surface area (Å²) in [5.41, 5.74) is 11.0. The third kappa shape index (κ3) is 3.20. The molecule has 0 bridgehead atoms. The summed E-state index contributed by atoms with van der Waals surface area (Å²) in [5, 5.41) is 2.23. The van der Waals surface area contributed by atoms with E-state index in [4.69, 9.17) is 4.98 Å². The van der Waals surface area contributed by atoms with Crippen molar-refractivity contribution >= 4 is 10.8 Å². The molecule has 1 nitrogen and oxygen atoms in total. The van der Waals surface area contributed by atoms with E-state index in [1.807, 2.05) is 6.07 Å². The van der Waals surface area contributed by atoms with Crippen molar-refractivity contribution in [2.75, 3.05) is 0 Å². The standard InChI is InChI=1S/C31H27F2N/c1-18-13-25-22-6-3-2-5-20(22)15-26(25)28(14-18)30-24-8-4-7-23(21-11-12-31(32,33)17-21)27(24)16-29(34-30)19-9-10-19/h2-8,13-14,16,19,21H,9-12,15,17H2,1H3. The zero-order valence-electron chi connectivity index (χ0n) is 19.4. The van der Waals surface area contributed by atoms with E-state index < -0.39 is 5.92 Å². The summed E-state index contributed by atoms with van der Waals surface area (Å²) in [4.78, 5) is 5.26. The topological polar surface area (TPSA) is 12.9 Å². The van der Waals surface area contributed by atoms with Gasteiger partial charge < -0.3 is 0 Å². The van der Waals surface area contributed by atoms with E-state index in [2.05, 4.69) is 61.5 Å². The largest absolute Gasteiger partial charge is 0.252 e. The second-order valence-electron chi connectivity index (χ2n) is 10.6. The third-order valence-electron chi connectivity index (χ3n) is 8.09. The summed E-state index contributed by atoms with van der Waals surface area (Å²) in [6, 6.07) is 21.7. The molecule has 1 unspecified atom stereocenters. The van der Waals surface area contributed by atoms with E-state index in [1.54, 1.807) is 0 Å². The van der Waals surface area contributed by atoms with E-state index in [0.717, 1.165) is 34.1 Å². The van der Waals surface area contributed by atoms with Gasteiger partial charge in [0.1, 0.15) is 0 Å². The van der Waals surface area contributed by atoms with Gasteiger partial charge in [0.15, 0.2) is 0 Å². The van der Waals surface area contributed by atoms with Gasteiger partial charge in [0.05, 0.1) is 5.69 Å². The fraction of sp³-hybridized carbons (Fsp3) is 0.323. The number of pyridine rings is 1. The highest BCUT2D eigenvalue weighted by Gasteiger charge is 2.40. The Hall–Kier alpha value is -3.07. The molecule has 1 heterocycles. The smallest absolute Gasteiger partial charge is 0.248 e. The Balaban J connectivity index is 1.47. The van der Waals surface area contributed by atoms with Gasteiger partial charge in [0, 0.05) is 35.4 Å². The number of hydrogen-bond donors (Lipinski definition) is 0. The lowest BCUT2D eigenvalue weighted by Crippen LogP contribution is -2.09. The van der Waals surface area contributed by atoms with Crippen LogP contribution in [0, 0.1) is 6.92 Å². The van der Waals surface area contributed by atoms with Gasteiger partial charge >= 0.3 is 0 Å². The average molecular weight is 452 g/mol. The number of nitrogens with zero attached hydrogens (tertiary/aromatic N) is 1. The second kappa shape index (κ2) is 7.21. The summed E-state index contributed by atoms with van der Waals surface area (Å²) in [6.45, 7) is 2.16. The molecule has 0 N–H and O–H groups in total. The van der Waals surface area contributed by atoms with Crippen molar-refractivity contribution in [1.82, 2.24) is 4.98 Å². The minimum atomic E-state index is -2.55. The SMILES string of the molecule is Cc1cc2c(c(-c3nc(C4CC4)cc4c(C5CCC(F)(F)C5)cccc34)c1)Cc1ccccc1-2. The first-order chi connectivity index (χ1) is 16.5. The maximum Gasteiger partial charge on any atom is 0.248 e. The van der Waals surface area contributed by atoms with Gasteiger partial charge in [-0.2, -0.15) is 0 Å². The van der Waals surface area contributed by atoms with Crippen LogP contribution < -0.4 is 0 Å². The highest BCUT2D eigenvalue weighted by Crippen LogP contribution is 2.49. The summed E-state index contributed by atoms with van der Waals surface area (Å²) in [5.74, 6) is -2.14. The summed E-state index contributed by atoms with van der Waals surface area (Å²) >= 11 is 0. The lowest BCUT2D eigenvalue weighted by molar-refractivity contribution is 0.00780. The Kier molecular flexibility index (Phi) is 4.31. The molecule has 3 aliphatic rings. The Labute approximate surface area is 198 Å². The van der Waals surface area contributed by atoms with Crippen LogP contribution in [0.1, 0.15) is 71.9 Å². The molecular formula is C31H27F2N. The number of halogens is 2. The molecule has 3 heteroatoms. The first kappa shape index (κ1) is 20.3. The summed E-state index contributed by atoms with van der Waals surface area (Å²) < 4.78 is 28.3. The molecule has 34 heavy (non-hydrogen) atoms. The number of alkyl halides is 2. The van der Waals surface area contributed by atoms with Gasteiger partial charge in [-0.25, -0.2) is 8.78 Å². The number of rotatable bonds is 3. The van der Waals surface area contributed by atoms with E-state index in [1.165, 1.54) is 46.2 Å². The first-order valence-electron chi connectivity index (χ1n) is 12.5. The molecule has 3 aromatic carbocycles. The molecule has 0 amide bonds.